The van der Waals surface area contributed by atoms with E-state index in [1.807, 2.05) is 19.9 Å². The van der Waals surface area contributed by atoms with Gasteiger partial charge in [-0.1, -0.05) is 0 Å². The molecular formula is C21H32ClN3O4. The van der Waals surface area contributed by atoms with Crippen LogP contribution in [0.1, 0.15) is 39.5 Å². The molecule has 2 amide bonds. The number of aromatic hydroxyl groups is 1. The molecule has 29 heavy (non-hydrogen) atoms. The average Bonchev–Trinajstić information content (AvgIpc) is 2.66. The number of carbonyl (C=O) groups excluding carboxylic acids is 2. The molecule has 0 unspecified atom stereocenters. The zero-order chi connectivity index (χ0) is 20.1. The first-order chi connectivity index (χ1) is 13.4. The molecule has 1 aromatic rings. The smallest absolute Gasteiger partial charge is 0.229 e. The predicted molar refractivity (Wildman–Crippen MR) is 115 cm³/mol. The lowest BCUT2D eigenvalue weighted by molar-refractivity contribution is -0.148. The van der Waals surface area contributed by atoms with Crippen LogP contribution in [0.15, 0.2) is 18.2 Å². The van der Waals surface area contributed by atoms with Crippen molar-refractivity contribution in [2.24, 2.45) is 0 Å². The fourth-order valence-corrected chi connectivity index (χ4v) is 3.82. The van der Waals surface area contributed by atoms with E-state index in [1.165, 1.54) is 4.90 Å². The van der Waals surface area contributed by atoms with Gasteiger partial charge in [-0.05, 0) is 45.4 Å². The predicted octanol–water partition coefficient (Wildman–Crippen LogP) is 2.65. The summed E-state index contributed by atoms with van der Waals surface area (Å²) in [4.78, 5) is 29.8. The SMILES string of the molecule is CC(C)Oc1ccc(O)cc1N1CCN(CCCN2C(=O)CCCC2=O)CC1.Cl. The van der Waals surface area contributed by atoms with E-state index in [1.54, 1.807) is 12.1 Å². The number of phenolic OH excluding ortho intramolecular Hbond substituents is 1. The minimum absolute atomic E-state index is 0. The fraction of sp³-hybridized carbons (Fsp3) is 0.619. The number of carbonyl (C=O) groups is 2. The molecule has 2 aliphatic rings. The number of piperidine rings is 1. The minimum atomic E-state index is -0.0253. The molecule has 0 aromatic heterocycles. The summed E-state index contributed by atoms with van der Waals surface area (Å²) in [7, 11) is 0. The molecule has 0 spiro atoms. The summed E-state index contributed by atoms with van der Waals surface area (Å²) in [5, 5.41) is 9.88. The van der Waals surface area contributed by atoms with Gasteiger partial charge < -0.3 is 14.7 Å². The Morgan fingerprint density at radius 3 is 2.31 bits per heavy atom. The molecular weight excluding hydrogens is 394 g/mol. The highest BCUT2D eigenvalue weighted by Gasteiger charge is 2.26. The van der Waals surface area contributed by atoms with Gasteiger partial charge in [0.1, 0.15) is 11.5 Å². The summed E-state index contributed by atoms with van der Waals surface area (Å²) in [6.07, 6.45) is 2.56. The Labute approximate surface area is 179 Å². The van der Waals surface area contributed by atoms with E-state index in [-0.39, 0.29) is 36.1 Å². The Hall–Kier alpha value is -1.99. The largest absolute Gasteiger partial charge is 0.508 e. The number of halogens is 1. The second-order valence-electron chi connectivity index (χ2n) is 7.79. The van der Waals surface area contributed by atoms with Crippen LogP contribution in [-0.4, -0.2) is 72.1 Å². The van der Waals surface area contributed by atoms with Gasteiger partial charge in [0.15, 0.2) is 0 Å². The molecule has 0 bridgehead atoms. The van der Waals surface area contributed by atoms with Crippen LogP contribution in [0.3, 0.4) is 0 Å². The van der Waals surface area contributed by atoms with Crippen LogP contribution >= 0.6 is 12.4 Å². The molecule has 2 fully saturated rings. The summed E-state index contributed by atoms with van der Waals surface area (Å²) in [6, 6.07) is 5.24. The van der Waals surface area contributed by atoms with Crippen LogP contribution in [0.25, 0.3) is 0 Å². The zero-order valence-corrected chi connectivity index (χ0v) is 18.1. The van der Waals surface area contributed by atoms with Crippen molar-refractivity contribution in [2.75, 3.05) is 44.2 Å². The Balaban J connectivity index is 0.00000300. The van der Waals surface area contributed by atoms with Gasteiger partial charge in [-0.25, -0.2) is 0 Å². The molecule has 2 saturated heterocycles. The summed E-state index contributed by atoms with van der Waals surface area (Å²) in [5.41, 5.74) is 0.929. The number of piperazine rings is 1. The highest BCUT2D eigenvalue weighted by atomic mass is 35.5. The van der Waals surface area contributed by atoms with Gasteiger partial charge in [0.25, 0.3) is 0 Å². The number of hydrogen-bond acceptors (Lipinski definition) is 6. The summed E-state index contributed by atoms with van der Waals surface area (Å²) < 4.78 is 5.90. The van der Waals surface area contributed by atoms with Crippen LogP contribution < -0.4 is 9.64 Å². The third-order valence-electron chi connectivity index (χ3n) is 5.26. The van der Waals surface area contributed by atoms with E-state index in [4.69, 9.17) is 4.74 Å². The first-order valence-corrected chi connectivity index (χ1v) is 10.2. The summed E-state index contributed by atoms with van der Waals surface area (Å²) >= 11 is 0. The van der Waals surface area contributed by atoms with Crippen molar-refractivity contribution in [1.29, 1.82) is 0 Å². The van der Waals surface area contributed by atoms with Gasteiger partial charge in [-0.3, -0.25) is 19.4 Å². The number of imide groups is 1. The van der Waals surface area contributed by atoms with Crippen LogP contribution in [-0.2, 0) is 9.59 Å². The lowest BCUT2D eigenvalue weighted by atomic mass is 10.1. The van der Waals surface area contributed by atoms with Crippen molar-refractivity contribution in [1.82, 2.24) is 9.80 Å². The van der Waals surface area contributed by atoms with Crippen LogP contribution in [0, 0.1) is 0 Å². The second kappa shape index (κ2) is 10.7. The Bertz CT molecular complexity index is 689. The van der Waals surface area contributed by atoms with Crippen molar-refractivity contribution in [3.63, 3.8) is 0 Å². The van der Waals surface area contributed by atoms with E-state index in [0.717, 1.165) is 50.6 Å². The number of amides is 2. The first-order valence-electron chi connectivity index (χ1n) is 10.2. The molecule has 2 aliphatic heterocycles. The number of hydrogen-bond donors (Lipinski definition) is 1. The first kappa shape index (κ1) is 23.3. The Morgan fingerprint density at radius 1 is 1.03 bits per heavy atom. The number of nitrogens with zero attached hydrogens (tertiary/aromatic N) is 3. The molecule has 7 nitrogen and oxygen atoms in total. The third-order valence-corrected chi connectivity index (χ3v) is 5.26. The molecule has 1 N–H and O–H groups in total. The third kappa shape index (κ3) is 6.24. The molecule has 0 radical (unpaired) electrons. The quantitative estimate of drug-likeness (QED) is 0.677. The van der Waals surface area contributed by atoms with Crippen molar-refractivity contribution in [3.8, 4) is 11.5 Å². The van der Waals surface area contributed by atoms with Crippen LogP contribution in [0.2, 0.25) is 0 Å². The minimum Gasteiger partial charge on any atom is -0.508 e. The maximum absolute atomic E-state index is 11.9. The van der Waals surface area contributed by atoms with Crippen LogP contribution in [0.4, 0.5) is 5.69 Å². The topological polar surface area (TPSA) is 73.3 Å². The van der Waals surface area contributed by atoms with Gasteiger partial charge >= 0.3 is 0 Å². The molecule has 1 aromatic carbocycles. The number of likely N-dealkylation sites (tertiary alicyclic amines) is 1. The van der Waals surface area contributed by atoms with E-state index < -0.39 is 0 Å². The summed E-state index contributed by atoms with van der Waals surface area (Å²) in [5.74, 6) is 0.984. The molecule has 3 rings (SSSR count). The van der Waals surface area contributed by atoms with E-state index >= 15 is 0 Å². The maximum Gasteiger partial charge on any atom is 0.229 e. The maximum atomic E-state index is 11.9. The number of benzene rings is 1. The number of phenols is 1. The van der Waals surface area contributed by atoms with Crippen molar-refractivity contribution < 1.29 is 19.4 Å². The normalized spacial score (nSPS) is 18.2. The second-order valence-corrected chi connectivity index (χ2v) is 7.79. The van der Waals surface area contributed by atoms with E-state index in [0.29, 0.717) is 25.8 Å². The number of ether oxygens (including phenoxy) is 1. The Kier molecular flexibility index (Phi) is 8.59. The summed E-state index contributed by atoms with van der Waals surface area (Å²) in [6.45, 7) is 8.88. The van der Waals surface area contributed by atoms with Gasteiger partial charge in [0.2, 0.25) is 11.8 Å². The van der Waals surface area contributed by atoms with Crippen molar-refractivity contribution >= 4 is 29.9 Å². The monoisotopic (exact) mass is 425 g/mol. The van der Waals surface area contributed by atoms with Gasteiger partial charge in [0.05, 0.1) is 11.8 Å². The van der Waals surface area contributed by atoms with Gasteiger partial charge in [-0.2, -0.15) is 0 Å². The van der Waals surface area contributed by atoms with Crippen molar-refractivity contribution in [2.45, 2.75) is 45.6 Å². The molecule has 0 atom stereocenters. The average molecular weight is 426 g/mol. The molecule has 8 heteroatoms. The van der Waals surface area contributed by atoms with Gasteiger partial charge in [0, 0.05) is 51.6 Å². The number of anilines is 1. The highest BCUT2D eigenvalue weighted by Crippen LogP contribution is 2.33. The lowest BCUT2D eigenvalue weighted by Gasteiger charge is -2.37. The molecule has 0 saturated carbocycles. The highest BCUT2D eigenvalue weighted by molar-refractivity contribution is 5.97. The standard InChI is InChI=1S/C21H31N3O4.ClH/c1-16(2)28-19-8-7-17(25)15-18(19)23-13-11-22(12-14-23)9-4-10-24-20(26)5-3-6-21(24)27;/h7-8,15-16,25H,3-6,9-14H2,1-2H3;1H. The van der Waals surface area contributed by atoms with Gasteiger partial charge in [-0.15, -0.1) is 12.4 Å². The fourth-order valence-electron chi connectivity index (χ4n) is 3.82. The molecule has 162 valence electrons. The lowest BCUT2D eigenvalue weighted by Crippen LogP contribution is -2.47. The molecule has 2 heterocycles. The molecule has 0 aliphatic carbocycles. The zero-order valence-electron chi connectivity index (χ0n) is 17.3. The van der Waals surface area contributed by atoms with E-state index in [9.17, 15) is 14.7 Å². The van der Waals surface area contributed by atoms with Crippen LogP contribution in [0.5, 0.6) is 11.5 Å². The van der Waals surface area contributed by atoms with E-state index in [2.05, 4.69) is 9.80 Å². The number of rotatable bonds is 7. The Morgan fingerprint density at radius 2 is 1.69 bits per heavy atom. The van der Waals surface area contributed by atoms with Crippen molar-refractivity contribution in [3.05, 3.63) is 18.2 Å².